The van der Waals surface area contributed by atoms with Gasteiger partial charge in [-0.05, 0) is 37.1 Å². The van der Waals surface area contributed by atoms with Crippen LogP contribution in [-0.4, -0.2) is 6.61 Å². The molecule has 0 amide bonds. The minimum atomic E-state index is -0.145. The van der Waals surface area contributed by atoms with Crippen molar-refractivity contribution in [3.8, 4) is 5.75 Å². The van der Waals surface area contributed by atoms with Crippen molar-refractivity contribution in [1.29, 1.82) is 0 Å². The minimum absolute atomic E-state index is 0.0938. The summed E-state index contributed by atoms with van der Waals surface area (Å²) in [5.74, 6) is 0.803. The standard InChI is InChI=1S/C18H20FNO/c1-12-7-8-14(11-16(12)19)13(2)20-17-9-10-21-18-6-4-3-5-15(17)18/h3-8,11,13,17,20H,9-10H2,1-2H3. The number of hydrogen-bond acceptors (Lipinski definition) is 2. The number of hydrogen-bond donors (Lipinski definition) is 1. The second-order valence-electron chi connectivity index (χ2n) is 5.62. The smallest absolute Gasteiger partial charge is 0.126 e. The first kappa shape index (κ1) is 14.1. The number of para-hydroxylation sites is 1. The van der Waals surface area contributed by atoms with E-state index in [1.807, 2.05) is 30.3 Å². The zero-order valence-corrected chi connectivity index (χ0v) is 12.4. The van der Waals surface area contributed by atoms with E-state index in [0.29, 0.717) is 12.2 Å². The SMILES string of the molecule is Cc1ccc(C(C)NC2CCOc3ccccc32)cc1F. The number of benzene rings is 2. The van der Waals surface area contributed by atoms with Gasteiger partial charge in [0, 0.05) is 24.1 Å². The average molecular weight is 285 g/mol. The Labute approximate surface area is 125 Å². The summed E-state index contributed by atoms with van der Waals surface area (Å²) >= 11 is 0. The maximum Gasteiger partial charge on any atom is 0.126 e. The molecule has 0 bridgehead atoms. The largest absolute Gasteiger partial charge is 0.493 e. The highest BCUT2D eigenvalue weighted by molar-refractivity contribution is 5.37. The van der Waals surface area contributed by atoms with Crippen molar-refractivity contribution >= 4 is 0 Å². The normalized spacial score (nSPS) is 18.7. The Morgan fingerprint density at radius 2 is 2.05 bits per heavy atom. The number of aryl methyl sites for hydroxylation is 1. The summed E-state index contributed by atoms with van der Waals surface area (Å²) in [5.41, 5.74) is 2.84. The molecule has 0 spiro atoms. The molecule has 0 aromatic heterocycles. The second kappa shape index (κ2) is 5.86. The number of nitrogens with one attached hydrogen (secondary N) is 1. The summed E-state index contributed by atoms with van der Waals surface area (Å²) in [7, 11) is 0. The molecule has 0 saturated heterocycles. The van der Waals surface area contributed by atoms with Gasteiger partial charge in [0.2, 0.25) is 0 Å². The molecule has 1 aliphatic rings. The third-order valence-electron chi connectivity index (χ3n) is 4.11. The van der Waals surface area contributed by atoms with Crippen LogP contribution in [0.5, 0.6) is 5.75 Å². The van der Waals surface area contributed by atoms with Crippen molar-refractivity contribution in [1.82, 2.24) is 5.32 Å². The Morgan fingerprint density at radius 1 is 1.24 bits per heavy atom. The highest BCUT2D eigenvalue weighted by Crippen LogP contribution is 2.33. The molecular formula is C18H20FNO. The van der Waals surface area contributed by atoms with Gasteiger partial charge in [-0.1, -0.05) is 30.3 Å². The van der Waals surface area contributed by atoms with Crippen molar-refractivity contribution in [2.45, 2.75) is 32.4 Å². The Hall–Kier alpha value is -1.87. The lowest BCUT2D eigenvalue weighted by atomic mass is 9.98. The van der Waals surface area contributed by atoms with E-state index in [-0.39, 0.29) is 17.9 Å². The first-order chi connectivity index (χ1) is 10.1. The molecule has 0 fully saturated rings. The van der Waals surface area contributed by atoms with Crippen molar-refractivity contribution < 1.29 is 9.13 Å². The topological polar surface area (TPSA) is 21.3 Å². The molecule has 3 rings (SSSR count). The maximum absolute atomic E-state index is 13.7. The van der Waals surface area contributed by atoms with Gasteiger partial charge in [0.15, 0.2) is 0 Å². The number of rotatable bonds is 3. The molecule has 1 aliphatic heterocycles. The van der Waals surface area contributed by atoms with E-state index in [0.717, 1.165) is 17.7 Å². The van der Waals surface area contributed by atoms with Crippen LogP contribution >= 0.6 is 0 Å². The minimum Gasteiger partial charge on any atom is -0.493 e. The second-order valence-corrected chi connectivity index (χ2v) is 5.62. The molecule has 0 radical (unpaired) electrons. The van der Waals surface area contributed by atoms with Crippen LogP contribution in [-0.2, 0) is 0 Å². The van der Waals surface area contributed by atoms with Crippen molar-refractivity contribution in [2.75, 3.05) is 6.61 Å². The van der Waals surface area contributed by atoms with Gasteiger partial charge in [0.25, 0.3) is 0 Å². The fraction of sp³-hybridized carbons (Fsp3) is 0.333. The predicted octanol–water partition coefficient (Wildman–Crippen LogP) is 4.31. The van der Waals surface area contributed by atoms with Gasteiger partial charge in [0.05, 0.1) is 6.61 Å². The van der Waals surface area contributed by atoms with E-state index in [4.69, 9.17) is 4.74 Å². The third kappa shape index (κ3) is 2.93. The highest BCUT2D eigenvalue weighted by atomic mass is 19.1. The van der Waals surface area contributed by atoms with Gasteiger partial charge in [-0.3, -0.25) is 0 Å². The van der Waals surface area contributed by atoms with E-state index >= 15 is 0 Å². The zero-order chi connectivity index (χ0) is 14.8. The molecule has 2 atom stereocenters. The molecule has 1 heterocycles. The lowest BCUT2D eigenvalue weighted by Gasteiger charge is -2.29. The zero-order valence-electron chi connectivity index (χ0n) is 12.4. The van der Waals surface area contributed by atoms with Gasteiger partial charge in [-0.2, -0.15) is 0 Å². The summed E-state index contributed by atoms with van der Waals surface area (Å²) in [5, 5.41) is 3.59. The molecule has 2 aromatic rings. The van der Waals surface area contributed by atoms with Crippen LogP contribution in [0.4, 0.5) is 4.39 Å². The van der Waals surface area contributed by atoms with Crippen LogP contribution in [0.3, 0.4) is 0 Å². The van der Waals surface area contributed by atoms with Gasteiger partial charge >= 0.3 is 0 Å². The molecule has 21 heavy (non-hydrogen) atoms. The Morgan fingerprint density at radius 3 is 2.86 bits per heavy atom. The highest BCUT2D eigenvalue weighted by Gasteiger charge is 2.22. The fourth-order valence-corrected chi connectivity index (χ4v) is 2.79. The number of halogens is 1. The molecule has 110 valence electrons. The van der Waals surface area contributed by atoms with Crippen LogP contribution in [0.15, 0.2) is 42.5 Å². The summed E-state index contributed by atoms with van der Waals surface area (Å²) < 4.78 is 19.4. The molecule has 1 N–H and O–H groups in total. The lowest BCUT2D eigenvalue weighted by Crippen LogP contribution is -2.29. The summed E-state index contributed by atoms with van der Waals surface area (Å²) in [6, 6.07) is 13.9. The van der Waals surface area contributed by atoms with E-state index in [1.54, 1.807) is 13.0 Å². The first-order valence-corrected chi connectivity index (χ1v) is 7.39. The first-order valence-electron chi connectivity index (χ1n) is 7.39. The maximum atomic E-state index is 13.7. The average Bonchev–Trinajstić information content (AvgIpc) is 2.50. The number of fused-ring (bicyclic) bond motifs is 1. The van der Waals surface area contributed by atoms with Crippen LogP contribution in [0.25, 0.3) is 0 Å². The van der Waals surface area contributed by atoms with Crippen LogP contribution in [0, 0.1) is 12.7 Å². The van der Waals surface area contributed by atoms with Crippen molar-refractivity contribution in [3.05, 3.63) is 65.0 Å². The van der Waals surface area contributed by atoms with E-state index in [9.17, 15) is 4.39 Å². The summed E-state index contributed by atoms with van der Waals surface area (Å²) in [6.07, 6.45) is 0.926. The van der Waals surface area contributed by atoms with Crippen LogP contribution < -0.4 is 10.1 Å². The molecule has 2 unspecified atom stereocenters. The molecule has 2 aromatic carbocycles. The van der Waals surface area contributed by atoms with Crippen molar-refractivity contribution in [2.24, 2.45) is 0 Å². The Bertz CT molecular complexity index is 641. The number of ether oxygens (including phenoxy) is 1. The molecule has 3 heteroatoms. The van der Waals surface area contributed by atoms with Gasteiger partial charge < -0.3 is 10.1 Å². The van der Waals surface area contributed by atoms with Crippen LogP contribution in [0.2, 0.25) is 0 Å². The van der Waals surface area contributed by atoms with Crippen LogP contribution in [0.1, 0.15) is 42.1 Å². The molecule has 0 saturated carbocycles. The quantitative estimate of drug-likeness (QED) is 0.907. The molecule has 0 aliphatic carbocycles. The molecular weight excluding hydrogens is 265 g/mol. The van der Waals surface area contributed by atoms with E-state index < -0.39 is 0 Å². The summed E-state index contributed by atoms with van der Waals surface area (Å²) in [6.45, 7) is 4.57. The molecule has 2 nitrogen and oxygen atoms in total. The van der Waals surface area contributed by atoms with Gasteiger partial charge in [-0.15, -0.1) is 0 Å². The Balaban J connectivity index is 1.79. The predicted molar refractivity (Wildman–Crippen MR) is 82.0 cm³/mol. The fourth-order valence-electron chi connectivity index (χ4n) is 2.79. The van der Waals surface area contributed by atoms with E-state index in [2.05, 4.69) is 18.3 Å². The third-order valence-corrected chi connectivity index (χ3v) is 4.11. The van der Waals surface area contributed by atoms with E-state index in [1.165, 1.54) is 5.56 Å². The lowest BCUT2D eigenvalue weighted by molar-refractivity contribution is 0.246. The monoisotopic (exact) mass is 285 g/mol. The van der Waals surface area contributed by atoms with Gasteiger partial charge in [0.1, 0.15) is 11.6 Å². The Kier molecular flexibility index (Phi) is 3.93. The van der Waals surface area contributed by atoms with Gasteiger partial charge in [-0.25, -0.2) is 4.39 Å². The summed E-state index contributed by atoms with van der Waals surface area (Å²) in [4.78, 5) is 0. The van der Waals surface area contributed by atoms with Crippen molar-refractivity contribution in [3.63, 3.8) is 0 Å².